The van der Waals surface area contributed by atoms with Gasteiger partial charge < -0.3 is 4.52 Å². The van der Waals surface area contributed by atoms with Crippen LogP contribution >= 0.6 is 11.3 Å². The molecule has 1 fully saturated rings. The minimum absolute atomic E-state index is 0.123. The summed E-state index contributed by atoms with van der Waals surface area (Å²) in [6.45, 7) is 5.40. The Balaban J connectivity index is 1.60. The van der Waals surface area contributed by atoms with Gasteiger partial charge >= 0.3 is 0 Å². The van der Waals surface area contributed by atoms with Gasteiger partial charge in [-0.05, 0) is 26.3 Å². The fourth-order valence-corrected chi connectivity index (χ4v) is 3.86. The van der Waals surface area contributed by atoms with E-state index in [-0.39, 0.29) is 11.6 Å². The molecule has 0 amide bonds. The Morgan fingerprint density at radius 3 is 3.08 bits per heavy atom. The minimum Gasteiger partial charge on any atom is -0.339 e. The van der Waals surface area contributed by atoms with Crippen molar-refractivity contribution in [3.63, 3.8) is 0 Å². The van der Waals surface area contributed by atoms with E-state index in [1.807, 2.05) is 13.8 Å². The van der Waals surface area contributed by atoms with E-state index in [0.717, 1.165) is 42.3 Å². The Bertz CT molecular complexity index is 930. The lowest BCUT2D eigenvalue weighted by molar-refractivity contribution is 0.231. The first kappa shape index (κ1) is 15.4. The van der Waals surface area contributed by atoms with E-state index in [0.29, 0.717) is 17.4 Å². The molecule has 1 atom stereocenters. The second kappa shape index (κ2) is 6.06. The van der Waals surface area contributed by atoms with E-state index in [1.54, 1.807) is 6.07 Å². The second-order valence-electron chi connectivity index (χ2n) is 5.93. The number of nitrogens with zero attached hydrogens (tertiary/aromatic N) is 6. The van der Waals surface area contributed by atoms with E-state index in [9.17, 15) is 4.79 Å². The molecule has 0 spiro atoms. The van der Waals surface area contributed by atoms with Crippen molar-refractivity contribution in [2.75, 3.05) is 6.54 Å². The molecular formula is C15H18N6O2S. The van der Waals surface area contributed by atoms with Gasteiger partial charge in [-0.15, -0.1) is 0 Å². The smallest absolute Gasteiger partial charge is 0.275 e. The molecule has 1 aliphatic rings. The maximum atomic E-state index is 12.2. The van der Waals surface area contributed by atoms with Crippen molar-refractivity contribution >= 4 is 16.3 Å². The molecule has 0 radical (unpaired) electrons. The van der Waals surface area contributed by atoms with Crippen molar-refractivity contribution in [1.82, 2.24) is 29.6 Å². The molecule has 0 unspecified atom stereocenters. The van der Waals surface area contributed by atoms with Crippen LogP contribution in [-0.4, -0.2) is 36.2 Å². The van der Waals surface area contributed by atoms with Crippen LogP contribution < -0.4 is 5.56 Å². The van der Waals surface area contributed by atoms with Gasteiger partial charge in [0, 0.05) is 19.0 Å². The van der Waals surface area contributed by atoms with Crippen LogP contribution in [0.2, 0.25) is 0 Å². The number of rotatable bonds is 4. The van der Waals surface area contributed by atoms with Crippen LogP contribution in [-0.2, 0) is 13.0 Å². The number of hydrogen-bond acceptors (Lipinski definition) is 8. The molecule has 4 rings (SSSR count). The van der Waals surface area contributed by atoms with Gasteiger partial charge in [0.2, 0.25) is 10.9 Å². The van der Waals surface area contributed by atoms with Crippen LogP contribution in [0.15, 0.2) is 15.4 Å². The first-order chi connectivity index (χ1) is 11.6. The first-order valence-corrected chi connectivity index (χ1v) is 8.88. The topological polar surface area (TPSA) is 89.4 Å². The maximum Gasteiger partial charge on any atom is 0.275 e. The Labute approximate surface area is 142 Å². The van der Waals surface area contributed by atoms with E-state index >= 15 is 0 Å². The third-order valence-electron chi connectivity index (χ3n) is 4.21. The van der Waals surface area contributed by atoms with Crippen LogP contribution in [0.4, 0.5) is 0 Å². The maximum absolute atomic E-state index is 12.2. The van der Waals surface area contributed by atoms with Crippen molar-refractivity contribution in [1.29, 1.82) is 0 Å². The zero-order valence-electron chi connectivity index (χ0n) is 13.6. The SMILES string of the molecule is CCc1nc([C@@H]2CCCN2Cc2cc(=O)n3nc(C)sc3n2)no1. The summed E-state index contributed by atoms with van der Waals surface area (Å²) in [4.78, 5) is 24.1. The highest BCUT2D eigenvalue weighted by Gasteiger charge is 2.30. The molecule has 0 aromatic carbocycles. The summed E-state index contributed by atoms with van der Waals surface area (Å²) in [5.41, 5.74) is 0.623. The molecular weight excluding hydrogens is 328 g/mol. The van der Waals surface area contributed by atoms with Gasteiger partial charge in [0.15, 0.2) is 5.82 Å². The molecule has 3 aromatic heterocycles. The predicted octanol–water partition coefficient (Wildman–Crippen LogP) is 1.74. The number of aromatic nitrogens is 5. The lowest BCUT2D eigenvalue weighted by Gasteiger charge is -2.21. The largest absolute Gasteiger partial charge is 0.339 e. The summed E-state index contributed by atoms with van der Waals surface area (Å²) >= 11 is 1.42. The van der Waals surface area contributed by atoms with Crippen LogP contribution in [0.25, 0.3) is 4.96 Å². The Hall–Kier alpha value is -2.13. The minimum atomic E-state index is -0.136. The normalized spacial score (nSPS) is 18.7. The highest BCUT2D eigenvalue weighted by molar-refractivity contribution is 7.16. The quantitative estimate of drug-likeness (QED) is 0.711. The molecule has 1 saturated heterocycles. The molecule has 0 bridgehead atoms. The lowest BCUT2D eigenvalue weighted by atomic mass is 10.2. The molecule has 0 N–H and O–H groups in total. The molecule has 1 aliphatic heterocycles. The summed E-state index contributed by atoms with van der Waals surface area (Å²) < 4.78 is 6.60. The van der Waals surface area contributed by atoms with Crippen molar-refractivity contribution in [3.05, 3.63) is 38.8 Å². The fraction of sp³-hybridized carbons (Fsp3) is 0.533. The summed E-state index contributed by atoms with van der Waals surface area (Å²) in [5, 5.41) is 9.11. The number of fused-ring (bicyclic) bond motifs is 1. The third kappa shape index (κ3) is 2.73. The van der Waals surface area contributed by atoms with Crippen molar-refractivity contribution in [2.24, 2.45) is 0 Å². The van der Waals surface area contributed by atoms with Gasteiger partial charge in [-0.3, -0.25) is 9.69 Å². The number of hydrogen-bond donors (Lipinski definition) is 0. The summed E-state index contributed by atoms with van der Waals surface area (Å²) in [7, 11) is 0. The van der Waals surface area contributed by atoms with E-state index in [4.69, 9.17) is 4.52 Å². The average Bonchev–Trinajstić information content (AvgIpc) is 3.25. The van der Waals surface area contributed by atoms with E-state index < -0.39 is 0 Å². The Morgan fingerprint density at radius 1 is 1.42 bits per heavy atom. The van der Waals surface area contributed by atoms with Gasteiger partial charge in [0.25, 0.3) is 5.56 Å². The van der Waals surface area contributed by atoms with Gasteiger partial charge in [0.05, 0.1) is 11.7 Å². The number of aryl methyl sites for hydroxylation is 2. The molecule has 126 valence electrons. The van der Waals surface area contributed by atoms with Gasteiger partial charge in [-0.1, -0.05) is 23.4 Å². The number of likely N-dealkylation sites (tertiary alicyclic amines) is 1. The van der Waals surface area contributed by atoms with Gasteiger partial charge in [-0.25, -0.2) is 4.98 Å². The molecule has 8 nitrogen and oxygen atoms in total. The van der Waals surface area contributed by atoms with Crippen molar-refractivity contribution in [3.8, 4) is 0 Å². The summed E-state index contributed by atoms with van der Waals surface area (Å²) in [6.07, 6.45) is 2.80. The zero-order chi connectivity index (χ0) is 16.7. The molecule has 3 aromatic rings. The van der Waals surface area contributed by atoms with Crippen LogP contribution in [0.5, 0.6) is 0 Å². The molecule has 0 aliphatic carbocycles. The van der Waals surface area contributed by atoms with E-state index in [1.165, 1.54) is 15.9 Å². The van der Waals surface area contributed by atoms with Crippen LogP contribution in [0, 0.1) is 6.92 Å². The van der Waals surface area contributed by atoms with Crippen molar-refractivity contribution in [2.45, 2.75) is 45.7 Å². The standard InChI is InChI=1S/C15H18N6O2S/c1-3-12-17-14(19-23-12)11-5-4-6-20(11)8-10-7-13(22)21-15(16-10)24-9(2)18-21/h7,11H,3-6,8H2,1-2H3/t11-/m0/s1. The van der Waals surface area contributed by atoms with Crippen LogP contribution in [0.3, 0.4) is 0 Å². The summed E-state index contributed by atoms with van der Waals surface area (Å²) in [6, 6.07) is 1.69. The van der Waals surface area contributed by atoms with Gasteiger partial charge in [0.1, 0.15) is 5.01 Å². The Kier molecular flexibility index (Phi) is 3.89. The molecule has 9 heteroatoms. The zero-order valence-corrected chi connectivity index (χ0v) is 14.4. The third-order valence-corrected chi connectivity index (χ3v) is 5.04. The first-order valence-electron chi connectivity index (χ1n) is 8.07. The average molecular weight is 346 g/mol. The Morgan fingerprint density at radius 2 is 2.29 bits per heavy atom. The fourth-order valence-electron chi connectivity index (χ4n) is 3.10. The molecule has 24 heavy (non-hydrogen) atoms. The second-order valence-corrected chi connectivity index (χ2v) is 7.09. The lowest BCUT2D eigenvalue weighted by Crippen LogP contribution is -2.26. The van der Waals surface area contributed by atoms with Gasteiger partial charge in [-0.2, -0.15) is 14.6 Å². The van der Waals surface area contributed by atoms with E-state index in [2.05, 4.69) is 25.1 Å². The summed E-state index contributed by atoms with van der Waals surface area (Å²) in [5.74, 6) is 1.39. The van der Waals surface area contributed by atoms with Crippen molar-refractivity contribution < 1.29 is 4.52 Å². The highest BCUT2D eigenvalue weighted by atomic mass is 32.1. The predicted molar refractivity (Wildman–Crippen MR) is 87.9 cm³/mol. The monoisotopic (exact) mass is 346 g/mol. The molecule has 0 saturated carbocycles. The highest BCUT2D eigenvalue weighted by Crippen LogP contribution is 2.31. The molecule has 4 heterocycles. The van der Waals surface area contributed by atoms with Crippen LogP contribution in [0.1, 0.15) is 48.2 Å².